The van der Waals surface area contributed by atoms with Crippen molar-refractivity contribution in [3.8, 4) is 22.3 Å². The van der Waals surface area contributed by atoms with Crippen molar-refractivity contribution >= 4 is 21.8 Å². The number of pyridine rings is 1. The number of rotatable bonds is 3. The van der Waals surface area contributed by atoms with E-state index in [0.29, 0.717) is 11.1 Å². The van der Waals surface area contributed by atoms with Crippen LogP contribution in [-0.4, -0.2) is 4.98 Å². The average molecular weight is 509 g/mol. The van der Waals surface area contributed by atoms with Gasteiger partial charge in [-0.15, -0.1) is 0 Å². The van der Waals surface area contributed by atoms with E-state index in [4.69, 9.17) is 4.98 Å². The summed E-state index contributed by atoms with van der Waals surface area (Å²) in [4.78, 5) is 4.79. The van der Waals surface area contributed by atoms with Gasteiger partial charge in [0.1, 0.15) is 0 Å². The highest BCUT2D eigenvalue weighted by Gasteiger charge is 2.30. The Kier molecular flexibility index (Phi) is 5.97. The first-order valence-electron chi connectivity index (χ1n) is 11.6. The van der Waals surface area contributed by atoms with Gasteiger partial charge in [-0.1, -0.05) is 50.2 Å². The summed E-state index contributed by atoms with van der Waals surface area (Å²) < 4.78 is 77.9. The highest BCUT2D eigenvalue weighted by molar-refractivity contribution is 6.01. The van der Waals surface area contributed by atoms with E-state index < -0.39 is 23.5 Å². The molecule has 0 amide bonds. The largest absolute Gasteiger partial charge is 0.416 e. The normalized spacial score (nSPS) is 12.6. The van der Waals surface area contributed by atoms with Crippen LogP contribution in [0.3, 0.4) is 0 Å². The minimum absolute atomic E-state index is 0.0821. The molecule has 37 heavy (non-hydrogen) atoms. The minimum atomic E-state index is -4.40. The smallest absolute Gasteiger partial charge is 0.248 e. The number of hydrogen-bond donors (Lipinski definition) is 0. The van der Waals surface area contributed by atoms with E-state index in [2.05, 4.69) is 0 Å². The predicted octanol–water partition coefficient (Wildman–Crippen LogP) is 9.88. The van der Waals surface area contributed by atoms with Gasteiger partial charge in [-0.05, 0) is 82.3 Å². The van der Waals surface area contributed by atoms with E-state index in [-0.39, 0.29) is 5.92 Å². The lowest BCUT2D eigenvalue weighted by Crippen LogP contribution is -2.04. The number of nitrogens with zero attached hydrogens (tertiary/aromatic N) is 1. The molecule has 0 unspecified atom stereocenters. The molecule has 5 rings (SSSR count). The molecule has 0 saturated heterocycles. The van der Waals surface area contributed by atoms with Gasteiger partial charge >= 0.3 is 12.4 Å². The molecule has 1 nitrogen and oxygen atoms in total. The molecule has 7 heteroatoms. The third-order valence-electron chi connectivity index (χ3n) is 6.48. The molecular formula is C30H21F6N. The molecule has 0 fully saturated rings. The summed E-state index contributed by atoms with van der Waals surface area (Å²) in [5.74, 6) is 0.0821. The SMILES string of the molecule is CC(C)c1c2cc(-c3ccc(C(F)(F)F)cc3)ccc2nc2ccc(-c3ccc(C(F)(F)F)cc3)cc12. The molecule has 0 aliphatic rings. The Bertz CT molecular complexity index is 1480. The molecule has 0 saturated carbocycles. The molecule has 4 aromatic carbocycles. The Morgan fingerprint density at radius 2 is 0.865 bits per heavy atom. The number of alkyl halides is 6. The zero-order chi connectivity index (χ0) is 26.5. The summed E-state index contributed by atoms with van der Waals surface area (Å²) in [6.07, 6.45) is -8.80. The van der Waals surface area contributed by atoms with E-state index >= 15 is 0 Å². The Hall–Kier alpha value is -3.87. The van der Waals surface area contributed by atoms with E-state index in [9.17, 15) is 26.3 Å². The zero-order valence-electron chi connectivity index (χ0n) is 19.9. The van der Waals surface area contributed by atoms with Gasteiger partial charge in [0.05, 0.1) is 22.2 Å². The van der Waals surface area contributed by atoms with Gasteiger partial charge < -0.3 is 0 Å². The number of aromatic nitrogens is 1. The number of halogens is 6. The second kappa shape index (κ2) is 8.91. The first kappa shape index (κ1) is 24.8. The maximum atomic E-state index is 13.0. The van der Waals surface area contributed by atoms with Crippen LogP contribution in [0.5, 0.6) is 0 Å². The van der Waals surface area contributed by atoms with Crippen LogP contribution < -0.4 is 0 Å². The molecule has 0 aliphatic heterocycles. The highest BCUT2D eigenvalue weighted by atomic mass is 19.4. The van der Waals surface area contributed by atoms with Crippen molar-refractivity contribution in [3.05, 3.63) is 102 Å². The van der Waals surface area contributed by atoms with Crippen LogP contribution in [0, 0.1) is 0 Å². The number of hydrogen-bond acceptors (Lipinski definition) is 1. The second-order valence-electron chi connectivity index (χ2n) is 9.29. The lowest BCUT2D eigenvalue weighted by molar-refractivity contribution is -0.138. The topological polar surface area (TPSA) is 12.9 Å². The first-order valence-corrected chi connectivity index (χ1v) is 11.6. The molecule has 0 bridgehead atoms. The van der Waals surface area contributed by atoms with Gasteiger partial charge in [-0.3, -0.25) is 0 Å². The maximum absolute atomic E-state index is 13.0. The van der Waals surface area contributed by atoms with Gasteiger partial charge in [0.2, 0.25) is 0 Å². The molecule has 0 spiro atoms. The van der Waals surface area contributed by atoms with Crippen LogP contribution in [0.2, 0.25) is 0 Å². The zero-order valence-corrected chi connectivity index (χ0v) is 19.9. The quantitative estimate of drug-likeness (QED) is 0.174. The van der Waals surface area contributed by atoms with Crippen molar-refractivity contribution < 1.29 is 26.3 Å². The monoisotopic (exact) mass is 509 g/mol. The third-order valence-corrected chi connectivity index (χ3v) is 6.48. The Labute approximate surface area is 209 Å². The fraction of sp³-hybridized carbons (Fsp3) is 0.167. The van der Waals surface area contributed by atoms with Gasteiger partial charge in [-0.25, -0.2) is 4.98 Å². The van der Waals surface area contributed by atoms with Crippen molar-refractivity contribution in [1.29, 1.82) is 0 Å². The fourth-order valence-electron chi connectivity index (χ4n) is 4.66. The van der Waals surface area contributed by atoms with E-state index in [1.807, 2.05) is 50.2 Å². The van der Waals surface area contributed by atoms with Gasteiger partial charge in [-0.2, -0.15) is 26.3 Å². The van der Waals surface area contributed by atoms with Crippen LogP contribution in [0.15, 0.2) is 84.9 Å². The van der Waals surface area contributed by atoms with Gasteiger partial charge in [0.25, 0.3) is 0 Å². The number of benzene rings is 4. The van der Waals surface area contributed by atoms with Crippen LogP contribution in [0.25, 0.3) is 44.1 Å². The van der Waals surface area contributed by atoms with Gasteiger partial charge in [0.15, 0.2) is 0 Å². The first-order chi connectivity index (χ1) is 17.4. The second-order valence-corrected chi connectivity index (χ2v) is 9.29. The molecule has 0 radical (unpaired) electrons. The molecule has 5 aromatic rings. The van der Waals surface area contributed by atoms with Crippen molar-refractivity contribution in [1.82, 2.24) is 4.98 Å². The lowest BCUT2D eigenvalue weighted by atomic mass is 9.90. The standard InChI is InChI=1S/C30H21F6N/c1-17(2)28-24-15-20(18-3-9-22(10-4-18)29(31,32)33)7-13-26(24)37-27-14-8-21(16-25(27)28)19-5-11-23(12-6-19)30(34,35)36/h3-17H,1-2H3. The molecule has 0 atom stereocenters. The molecule has 188 valence electrons. The van der Waals surface area contributed by atoms with Crippen LogP contribution >= 0.6 is 0 Å². The van der Waals surface area contributed by atoms with Crippen molar-refractivity contribution in [3.63, 3.8) is 0 Å². The van der Waals surface area contributed by atoms with E-state index in [1.54, 1.807) is 0 Å². The van der Waals surface area contributed by atoms with Crippen molar-refractivity contribution in [2.24, 2.45) is 0 Å². The highest BCUT2D eigenvalue weighted by Crippen LogP contribution is 2.38. The third kappa shape index (κ3) is 4.78. The van der Waals surface area contributed by atoms with E-state index in [0.717, 1.165) is 62.8 Å². The molecular weight excluding hydrogens is 488 g/mol. The van der Waals surface area contributed by atoms with Crippen LogP contribution in [-0.2, 0) is 12.4 Å². The predicted molar refractivity (Wildman–Crippen MR) is 134 cm³/mol. The molecule has 0 aliphatic carbocycles. The maximum Gasteiger partial charge on any atom is 0.416 e. The molecule has 0 N–H and O–H groups in total. The van der Waals surface area contributed by atoms with Crippen molar-refractivity contribution in [2.75, 3.05) is 0 Å². The summed E-state index contributed by atoms with van der Waals surface area (Å²) in [5, 5.41) is 1.76. The van der Waals surface area contributed by atoms with Crippen LogP contribution in [0.4, 0.5) is 26.3 Å². The molecule has 1 aromatic heterocycles. The summed E-state index contributed by atoms with van der Waals surface area (Å²) in [6, 6.07) is 21.4. The minimum Gasteiger partial charge on any atom is -0.248 e. The van der Waals surface area contributed by atoms with Gasteiger partial charge in [0, 0.05) is 10.8 Å². The number of fused-ring (bicyclic) bond motifs is 2. The summed E-state index contributed by atoms with van der Waals surface area (Å²) in [7, 11) is 0. The Morgan fingerprint density at radius 3 is 1.19 bits per heavy atom. The Balaban J connectivity index is 1.64. The fourth-order valence-corrected chi connectivity index (χ4v) is 4.66. The summed E-state index contributed by atoms with van der Waals surface area (Å²) in [5.41, 5.74) is 3.97. The summed E-state index contributed by atoms with van der Waals surface area (Å²) in [6.45, 7) is 4.09. The average Bonchev–Trinajstić information content (AvgIpc) is 2.85. The molecule has 1 heterocycles. The lowest BCUT2D eigenvalue weighted by Gasteiger charge is -2.16. The Morgan fingerprint density at radius 1 is 0.514 bits per heavy atom. The summed E-state index contributed by atoms with van der Waals surface area (Å²) >= 11 is 0. The van der Waals surface area contributed by atoms with Crippen molar-refractivity contribution in [2.45, 2.75) is 32.1 Å². The van der Waals surface area contributed by atoms with E-state index in [1.165, 1.54) is 24.3 Å². The van der Waals surface area contributed by atoms with Crippen LogP contribution in [0.1, 0.15) is 36.5 Å².